The van der Waals surface area contributed by atoms with E-state index in [0.717, 1.165) is 36.2 Å². The van der Waals surface area contributed by atoms with Crippen molar-refractivity contribution in [2.24, 2.45) is 5.92 Å². The molecule has 1 aromatic carbocycles. The lowest BCUT2D eigenvalue weighted by Gasteiger charge is -2.35. The normalized spacial score (nSPS) is 18.8. The molecule has 1 fully saturated rings. The molecule has 38 heavy (non-hydrogen) atoms. The second-order valence-corrected chi connectivity index (χ2v) is 12.6. The summed E-state index contributed by atoms with van der Waals surface area (Å²) in [6.45, 7) is 2.25. The fourth-order valence-corrected chi connectivity index (χ4v) is 7.15. The van der Waals surface area contributed by atoms with Crippen LogP contribution in [0.5, 0.6) is 0 Å². The first kappa shape index (κ1) is 26.7. The molecule has 0 spiro atoms. The first-order valence-electron chi connectivity index (χ1n) is 12.3. The van der Waals surface area contributed by atoms with E-state index in [1.165, 1.54) is 6.07 Å². The maximum atomic E-state index is 14.4. The number of hydrogen-bond acceptors (Lipinski definition) is 6. The van der Waals surface area contributed by atoms with Gasteiger partial charge in [-0.15, -0.1) is 0 Å². The number of aryl methyl sites for hydroxylation is 2. The third-order valence-corrected chi connectivity index (χ3v) is 9.33. The molecule has 0 bridgehead atoms. The highest BCUT2D eigenvalue weighted by Gasteiger charge is 2.47. The van der Waals surface area contributed by atoms with Gasteiger partial charge in [-0.05, 0) is 55.9 Å². The maximum absolute atomic E-state index is 14.4. The predicted octanol–water partition coefficient (Wildman–Crippen LogP) is 4.66. The van der Waals surface area contributed by atoms with Gasteiger partial charge in [-0.3, -0.25) is 4.79 Å². The molecule has 1 amide bonds. The Balaban J connectivity index is 1.45. The molecule has 13 heteroatoms. The van der Waals surface area contributed by atoms with Crippen molar-refractivity contribution in [3.63, 3.8) is 0 Å². The summed E-state index contributed by atoms with van der Waals surface area (Å²) in [4.78, 5) is 20.2. The van der Waals surface area contributed by atoms with Gasteiger partial charge in [0.05, 0.1) is 29.1 Å². The van der Waals surface area contributed by atoms with Crippen LogP contribution in [0, 0.1) is 12.8 Å². The summed E-state index contributed by atoms with van der Waals surface area (Å²) in [5.41, 5.74) is 3.42. The van der Waals surface area contributed by atoms with E-state index in [1.54, 1.807) is 35.8 Å². The van der Waals surface area contributed by atoms with Crippen molar-refractivity contribution in [3.05, 3.63) is 52.4 Å². The minimum absolute atomic E-state index is 0.0230. The van der Waals surface area contributed by atoms with E-state index in [0.29, 0.717) is 28.6 Å². The molecule has 5 rings (SSSR count). The Morgan fingerprint density at radius 3 is 2.58 bits per heavy atom. The van der Waals surface area contributed by atoms with Crippen LogP contribution in [0.2, 0.25) is 5.15 Å². The van der Waals surface area contributed by atoms with Crippen LogP contribution in [-0.4, -0.2) is 65.1 Å². The first-order valence-corrected chi connectivity index (χ1v) is 14.5. The zero-order valence-electron chi connectivity index (χ0n) is 20.9. The highest BCUT2D eigenvalue weighted by Crippen LogP contribution is 2.42. The van der Waals surface area contributed by atoms with Gasteiger partial charge in [-0.25, -0.2) is 17.9 Å². The lowest BCUT2D eigenvalue weighted by Crippen LogP contribution is -2.44. The van der Waals surface area contributed by atoms with Gasteiger partial charge in [0.1, 0.15) is 9.84 Å². The highest BCUT2D eigenvalue weighted by molar-refractivity contribution is 7.91. The van der Waals surface area contributed by atoms with Gasteiger partial charge in [0, 0.05) is 31.3 Å². The van der Waals surface area contributed by atoms with Crippen molar-refractivity contribution in [3.8, 4) is 0 Å². The summed E-state index contributed by atoms with van der Waals surface area (Å²) < 4.78 is 68.2. The van der Waals surface area contributed by atoms with Gasteiger partial charge in [-0.2, -0.15) is 18.3 Å². The number of rotatable bonds is 4. The van der Waals surface area contributed by atoms with E-state index in [4.69, 9.17) is 11.6 Å². The Hall–Kier alpha value is -2.86. The maximum Gasteiger partial charge on any atom is 0.413 e. The Morgan fingerprint density at radius 2 is 1.92 bits per heavy atom. The van der Waals surface area contributed by atoms with E-state index in [2.05, 4.69) is 10.1 Å². The van der Waals surface area contributed by atoms with Crippen LogP contribution in [0.3, 0.4) is 0 Å². The van der Waals surface area contributed by atoms with Crippen LogP contribution in [0.15, 0.2) is 30.5 Å². The molecule has 204 valence electrons. The number of carbonyl (C=O) groups is 1. The minimum atomic E-state index is -4.72. The van der Waals surface area contributed by atoms with Crippen molar-refractivity contribution < 1.29 is 26.4 Å². The summed E-state index contributed by atoms with van der Waals surface area (Å²) in [6.07, 6.45) is -1.36. The van der Waals surface area contributed by atoms with Gasteiger partial charge < -0.3 is 9.80 Å². The first-order chi connectivity index (χ1) is 17.9. The lowest BCUT2D eigenvalue weighted by atomic mass is 9.95. The molecule has 0 unspecified atom stereocenters. The van der Waals surface area contributed by atoms with Gasteiger partial charge in [-0.1, -0.05) is 17.7 Å². The van der Waals surface area contributed by atoms with Crippen molar-refractivity contribution in [1.82, 2.24) is 19.5 Å². The zero-order valence-corrected chi connectivity index (χ0v) is 22.4. The fourth-order valence-electron chi connectivity index (χ4n) is 5.49. The summed E-state index contributed by atoms with van der Waals surface area (Å²) >= 11 is 6.06. The summed E-state index contributed by atoms with van der Waals surface area (Å²) in [5, 5.41) is 4.64. The van der Waals surface area contributed by atoms with E-state index in [-0.39, 0.29) is 29.9 Å². The van der Waals surface area contributed by atoms with E-state index < -0.39 is 33.9 Å². The molecule has 1 atom stereocenters. The lowest BCUT2D eigenvalue weighted by molar-refractivity contribution is -0.190. The molecule has 0 saturated carbocycles. The summed E-state index contributed by atoms with van der Waals surface area (Å²) in [5.74, 6) is -1.82. The van der Waals surface area contributed by atoms with Crippen LogP contribution in [0.1, 0.15) is 42.1 Å². The van der Waals surface area contributed by atoms with Crippen molar-refractivity contribution in [2.75, 3.05) is 30.0 Å². The number of anilines is 2. The minimum Gasteiger partial charge on any atom is -0.339 e. The molecule has 2 aliphatic heterocycles. The molecule has 2 aromatic heterocycles. The number of fused-ring (bicyclic) bond motifs is 3. The van der Waals surface area contributed by atoms with Crippen LogP contribution in [0.4, 0.5) is 24.5 Å². The number of benzene rings is 1. The molecular weight excluding hydrogens is 543 g/mol. The molecule has 1 saturated heterocycles. The van der Waals surface area contributed by atoms with Crippen molar-refractivity contribution in [2.45, 2.75) is 44.8 Å². The van der Waals surface area contributed by atoms with E-state index in [9.17, 15) is 26.4 Å². The number of carbonyl (C=O) groups excluding carboxylic acids is 1. The summed E-state index contributed by atoms with van der Waals surface area (Å²) in [7, 11) is -2.10. The molecular formula is C25H27ClF3N5O3S. The Labute approximate surface area is 223 Å². The number of hydrogen-bond donors (Lipinski definition) is 0. The van der Waals surface area contributed by atoms with Crippen molar-refractivity contribution >= 4 is 44.4 Å². The van der Waals surface area contributed by atoms with Crippen LogP contribution in [-0.2, 0) is 21.1 Å². The third-order valence-electron chi connectivity index (χ3n) is 7.43. The third kappa shape index (κ3) is 4.95. The summed E-state index contributed by atoms with van der Waals surface area (Å²) in [6, 6.07) is 4.25. The van der Waals surface area contributed by atoms with E-state index in [1.807, 2.05) is 4.90 Å². The standard InChI is InChI=1S/C25H27ClF3N5O3S/c1-15-12-17(33-9-3-4-19-20(33)14-30-22-13-21(26)31-34(19)22)5-6-18(15)23(25(27,28)29)32(2)24(35)16-7-10-38(36,37)11-8-16/h5-6,12-14,16,23H,3-4,7-11H2,1-2H3/t23-/m0/s1. The molecule has 0 N–H and O–H groups in total. The average molecular weight is 570 g/mol. The Bertz CT molecular complexity index is 1490. The second-order valence-electron chi connectivity index (χ2n) is 9.94. The molecule has 3 aromatic rings. The quantitative estimate of drug-likeness (QED) is 0.454. The van der Waals surface area contributed by atoms with E-state index >= 15 is 0 Å². The number of amides is 1. The monoisotopic (exact) mass is 569 g/mol. The molecule has 2 aliphatic rings. The fraction of sp³-hybridized carbons (Fsp3) is 0.480. The molecule has 8 nitrogen and oxygen atoms in total. The van der Waals surface area contributed by atoms with Crippen LogP contribution in [0.25, 0.3) is 5.65 Å². The molecule has 0 radical (unpaired) electrons. The number of nitrogens with zero attached hydrogens (tertiary/aromatic N) is 5. The highest BCUT2D eigenvalue weighted by atomic mass is 35.5. The average Bonchev–Trinajstić information content (AvgIpc) is 3.24. The van der Waals surface area contributed by atoms with Crippen molar-refractivity contribution in [1.29, 1.82) is 0 Å². The SMILES string of the molecule is Cc1cc(N2CCCc3c2cnc2cc(Cl)nn32)ccc1[C@H](N(C)C(=O)C1CCS(=O)(=O)CC1)C(F)(F)F. The van der Waals surface area contributed by atoms with Gasteiger partial charge in [0.25, 0.3) is 0 Å². The largest absolute Gasteiger partial charge is 0.413 e. The van der Waals surface area contributed by atoms with Crippen LogP contribution >= 0.6 is 11.6 Å². The number of halogens is 4. The van der Waals surface area contributed by atoms with Gasteiger partial charge in [0.15, 0.2) is 16.8 Å². The predicted molar refractivity (Wildman–Crippen MR) is 137 cm³/mol. The van der Waals surface area contributed by atoms with Gasteiger partial charge in [0.2, 0.25) is 5.91 Å². The zero-order chi connectivity index (χ0) is 27.4. The molecule has 0 aliphatic carbocycles. The smallest absolute Gasteiger partial charge is 0.339 e. The van der Waals surface area contributed by atoms with Crippen LogP contribution < -0.4 is 4.90 Å². The second kappa shape index (κ2) is 9.71. The Kier molecular flexibility index (Phi) is 6.83. The van der Waals surface area contributed by atoms with Gasteiger partial charge >= 0.3 is 6.18 Å². The molecule has 4 heterocycles. The number of sulfone groups is 1. The topological polar surface area (TPSA) is 87.9 Å². The number of aromatic nitrogens is 3. The number of alkyl halides is 3. The Morgan fingerprint density at radius 1 is 1.21 bits per heavy atom.